The van der Waals surface area contributed by atoms with Crippen LogP contribution in [0.4, 0.5) is 21.3 Å². The van der Waals surface area contributed by atoms with Crippen molar-refractivity contribution in [3.63, 3.8) is 0 Å². The Balaban J connectivity index is 0.000000453. The number of thiazole rings is 1. The number of fused-ring (bicyclic) bond motifs is 2. The second-order valence-corrected chi connectivity index (χ2v) is 11.8. The SMILES string of the molecule is CC.CCCCCC.CNC1CN(c2nc(N3CCNCC3)c3cc(Cl)c(-c4cccc5sc(N)nc45)c(F)c3n2)C1. The number of hydrogen-bond acceptors (Lipinski definition) is 9. The maximum atomic E-state index is 16.3. The molecule has 0 unspecified atom stereocenters. The first-order valence-corrected chi connectivity index (χ1v) is 16.4. The van der Waals surface area contributed by atoms with Crippen LogP contribution < -0.4 is 26.2 Å². The number of para-hydroxylation sites is 1. The van der Waals surface area contributed by atoms with Gasteiger partial charge in [0, 0.05) is 61.8 Å². The van der Waals surface area contributed by atoms with Crippen LogP contribution in [0.5, 0.6) is 0 Å². The highest BCUT2D eigenvalue weighted by molar-refractivity contribution is 7.22. The van der Waals surface area contributed by atoms with Crippen LogP contribution in [0.3, 0.4) is 0 Å². The van der Waals surface area contributed by atoms with Gasteiger partial charge >= 0.3 is 0 Å². The topological polar surface area (TPSA) is 95.2 Å². The molecule has 6 rings (SSSR count). The zero-order valence-corrected chi connectivity index (χ0v) is 27.0. The van der Waals surface area contributed by atoms with Gasteiger partial charge in [-0.25, -0.2) is 14.4 Å². The van der Waals surface area contributed by atoms with Crippen molar-refractivity contribution in [3.05, 3.63) is 35.1 Å². The molecule has 2 aliphatic rings. The number of benzene rings is 2. The lowest BCUT2D eigenvalue weighted by Crippen LogP contribution is -2.57. The van der Waals surface area contributed by atoms with E-state index in [0.29, 0.717) is 38.6 Å². The van der Waals surface area contributed by atoms with Crippen molar-refractivity contribution in [2.75, 3.05) is 61.8 Å². The van der Waals surface area contributed by atoms with Gasteiger partial charge in [-0.3, -0.25) is 0 Å². The maximum Gasteiger partial charge on any atom is 0.228 e. The van der Waals surface area contributed by atoms with E-state index in [1.807, 2.05) is 39.1 Å². The molecule has 2 aromatic carbocycles. The Bertz CT molecular complexity index is 1460. The molecule has 0 aliphatic carbocycles. The van der Waals surface area contributed by atoms with Gasteiger partial charge in [-0.2, -0.15) is 4.98 Å². The number of unbranched alkanes of at least 4 members (excludes halogenated alkanes) is 3. The number of piperazine rings is 1. The number of anilines is 3. The number of aromatic nitrogens is 3. The van der Waals surface area contributed by atoms with E-state index in [4.69, 9.17) is 27.3 Å². The maximum absolute atomic E-state index is 16.3. The Hall–Kier alpha value is -2.79. The summed E-state index contributed by atoms with van der Waals surface area (Å²) in [6.07, 6.45) is 5.54. The number of nitrogens with one attached hydrogen (secondary N) is 2. The standard InChI is InChI=1S/C23H24ClFN8S.C6H14.C2H6/c1-27-12-10-33(11-12)23-30-20-14(21(31-23)32-7-5-28-6-8-32)9-15(24)17(18(20)25)13-3-2-4-16-19(13)29-22(26)34-16;1-3-5-6-4-2;1-2/h2-4,9,12,27-28H,5-8,10-11H2,1H3,(H2,26,29);3-6H2,1-2H3;1-2H3. The number of likely N-dealkylation sites (N-methyl/N-ethyl adjacent to an activating group) is 1. The first kappa shape index (κ1) is 32.1. The highest BCUT2D eigenvalue weighted by Gasteiger charge is 2.30. The molecule has 4 heterocycles. The molecule has 11 heteroatoms. The Morgan fingerprint density at radius 3 is 2.38 bits per heavy atom. The first-order valence-electron chi connectivity index (χ1n) is 15.2. The molecule has 2 aromatic heterocycles. The average Bonchev–Trinajstić information content (AvgIpc) is 3.38. The molecule has 228 valence electrons. The third kappa shape index (κ3) is 6.88. The first-order chi connectivity index (χ1) is 20.4. The van der Waals surface area contributed by atoms with Crippen LogP contribution in [0.2, 0.25) is 5.02 Å². The third-order valence-electron chi connectivity index (χ3n) is 7.50. The predicted molar refractivity (Wildman–Crippen MR) is 179 cm³/mol. The lowest BCUT2D eigenvalue weighted by Gasteiger charge is -2.39. The highest BCUT2D eigenvalue weighted by Crippen LogP contribution is 2.42. The molecule has 8 nitrogen and oxygen atoms in total. The van der Waals surface area contributed by atoms with E-state index in [9.17, 15) is 0 Å². The smallest absolute Gasteiger partial charge is 0.228 e. The molecule has 0 atom stereocenters. The van der Waals surface area contributed by atoms with Crippen LogP contribution in [0.15, 0.2) is 24.3 Å². The number of nitrogen functional groups attached to an aromatic ring is 1. The van der Waals surface area contributed by atoms with Gasteiger partial charge in [0.15, 0.2) is 10.9 Å². The summed E-state index contributed by atoms with van der Waals surface area (Å²) in [4.78, 5) is 18.3. The van der Waals surface area contributed by atoms with E-state index in [1.165, 1.54) is 37.0 Å². The molecule has 0 spiro atoms. The summed E-state index contributed by atoms with van der Waals surface area (Å²) in [7, 11) is 1.94. The van der Waals surface area contributed by atoms with Gasteiger partial charge in [0.2, 0.25) is 5.95 Å². The number of halogens is 2. The largest absolute Gasteiger partial charge is 0.375 e. The number of rotatable bonds is 7. The summed E-state index contributed by atoms with van der Waals surface area (Å²) >= 11 is 8.11. The van der Waals surface area contributed by atoms with Gasteiger partial charge in [0.25, 0.3) is 0 Å². The number of nitrogens with two attached hydrogens (primary N) is 1. The number of hydrogen-bond donors (Lipinski definition) is 3. The summed E-state index contributed by atoms with van der Waals surface area (Å²) in [5, 5.41) is 7.97. The quantitative estimate of drug-likeness (QED) is 0.198. The highest BCUT2D eigenvalue weighted by atomic mass is 35.5. The molecular weight excluding hydrogens is 571 g/mol. The molecule has 0 radical (unpaired) electrons. The van der Waals surface area contributed by atoms with Crippen molar-refractivity contribution in [2.24, 2.45) is 0 Å². The van der Waals surface area contributed by atoms with Gasteiger partial charge in [-0.15, -0.1) is 0 Å². The normalized spacial score (nSPS) is 15.2. The van der Waals surface area contributed by atoms with Gasteiger partial charge in [-0.1, -0.05) is 88.4 Å². The third-order valence-corrected chi connectivity index (χ3v) is 8.65. The van der Waals surface area contributed by atoms with Crippen molar-refractivity contribution >= 4 is 61.0 Å². The molecule has 2 saturated heterocycles. The monoisotopic (exact) mass is 614 g/mol. The lowest BCUT2D eigenvalue weighted by molar-refractivity contribution is 0.443. The Morgan fingerprint density at radius 2 is 1.74 bits per heavy atom. The fourth-order valence-electron chi connectivity index (χ4n) is 5.17. The Labute approximate surface area is 257 Å². The lowest BCUT2D eigenvalue weighted by atomic mass is 10.0. The van der Waals surface area contributed by atoms with Crippen LogP contribution >= 0.6 is 22.9 Å². The second kappa shape index (κ2) is 15.1. The summed E-state index contributed by atoms with van der Waals surface area (Å²) in [6.45, 7) is 13.3. The minimum atomic E-state index is -0.465. The van der Waals surface area contributed by atoms with Gasteiger partial charge < -0.3 is 26.2 Å². The van der Waals surface area contributed by atoms with Crippen LogP contribution in [-0.2, 0) is 0 Å². The molecule has 2 aliphatic heterocycles. The van der Waals surface area contributed by atoms with Crippen LogP contribution in [0.1, 0.15) is 53.4 Å². The van der Waals surface area contributed by atoms with E-state index in [-0.39, 0.29) is 11.1 Å². The molecule has 0 saturated carbocycles. The van der Waals surface area contributed by atoms with E-state index in [1.54, 1.807) is 6.07 Å². The van der Waals surface area contributed by atoms with E-state index in [0.717, 1.165) is 49.8 Å². The molecule has 2 fully saturated rings. The van der Waals surface area contributed by atoms with Gasteiger partial charge in [0.05, 0.1) is 15.2 Å². The van der Waals surface area contributed by atoms with Crippen molar-refractivity contribution in [1.29, 1.82) is 0 Å². The van der Waals surface area contributed by atoms with Crippen molar-refractivity contribution in [1.82, 2.24) is 25.6 Å². The minimum absolute atomic E-state index is 0.269. The zero-order valence-electron chi connectivity index (χ0n) is 25.4. The van der Waals surface area contributed by atoms with Crippen LogP contribution in [-0.4, -0.2) is 67.3 Å². The fraction of sp³-hybridized carbons (Fsp3) is 0.516. The minimum Gasteiger partial charge on any atom is -0.375 e. The van der Waals surface area contributed by atoms with Crippen molar-refractivity contribution in [2.45, 2.75) is 59.4 Å². The second-order valence-electron chi connectivity index (χ2n) is 10.3. The summed E-state index contributed by atoms with van der Waals surface area (Å²) in [6, 6.07) is 7.77. The molecule has 42 heavy (non-hydrogen) atoms. The van der Waals surface area contributed by atoms with Gasteiger partial charge in [-0.05, 0) is 19.2 Å². The van der Waals surface area contributed by atoms with E-state index < -0.39 is 5.82 Å². The zero-order chi connectivity index (χ0) is 30.2. The molecular formula is C31H44ClFN8S. The van der Waals surface area contributed by atoms with Crippen LogP contribution in [0, 0.1) is 5.82 Å². The molecule has 4 aromatic rings. The fourth-order valence-corrected chi connectivity index (χ4v) is 6.22. The van der Waals surface area contributed by atoms with E-state index in [2.05, 4.69) is 39.3 Å². The van der Waals surface area contributed by atoms with E-state index >= 15 is 4.39 Å². The summed E-state index contributed by atoms with van der Waals surface area (Å²) < 4.78 is 17.2. The Morgan fingerprint density at radius 1 is 1.05 bits per heavy atom. The average molecular weight is 615 g/mol. The van der Waals surface area contributed by atoms with Crippen molar-refractivity contribution in [3.8, 4) is 11.1 Å². The van der Waals surface area contributed by atoms with Crippen molar-refractivity contribution < 1.29 is 4.39 Å². The Kier molecular flexibility index (Phi) is 11.5. The summed E-state index contributed by atoms with van der Waals surface area (Å²) in [5.74, 6) is 0.793. The molecule has 4 N–H and O–H groups in total. The summed E-state index contributed by atoms with van der Waals surface area (Å²) in [5.41, 5.74) is 7.75. The number of nitrogens with zero attached hydrogens (tertiary/aromatic N) is 5. The molecule has 0 amide bonds. The molecule has 0 bridgehead atoms. The van der Waals surface area contributed by atoms with Gasteiger partial charge in [0.1, 0.15) is 11.3 Å². The van der Waals surface area contributed by atoms with Crippen LogP contribution in [0.25, 0.3) is 32.2 Å². The predicted octanol–water partition coefficient (Wildman–Crippen LogP) is 6.71.